The molecule has 0 spiro atoms. The highest BCUT2D eigenvalue weighted by atomic mass is 79.9. The van der Waals surface area contributed by atoms with Crippen LogP contribution in [0, 0.1) is 0 Å². The molecule has 0 aliphatic carbocycles. The Balaban J connectivity index is 3.10. The van der Waals surface area contributed by atoms with Crippen LogP contribution in [0.2, 0.25) is 0 Å². The zero-order valence-corrected chi connectivity index (χ0v) is 10.9. The van der Waals surface area contributed by atoms with Crippen LogP contribution in [0.5, 0.6) is 0 Å². The molecule has 0 saturated carbocycles. The van der Waals surface area contributed by atoms with Crippen LogP contribution in [-0.4, -0.2) is 9.03 Å². The molecular formula is C8H4Br2Cl2O. The van der Waals surface area contributed by atoms with E-state index >= 15 is 0 Å². The van der Waals surface area contributed by atoms with Gasteiger partial charge in [0.25, 0.3) is 0 Å². The fourth-order valence-electron chi connectivity index (χ4n) is 0.798. The molecule has 0 heterocycles. The molecule has 5 heteroatoms. The summed E-state index contributed by atoms with van der Waals surface area (Å²) in [4.78, 5) is 11.5. The number of carbonyl (C=O) groups is 1. The zero-order chi connectivity index (χ0) is 10.1. The molecule has 1 aromatic rings. The summed E-state index contributed by atoms with van der Waals surface area (Å²) in [7, 11) is 0. The zero-order valence-electron chi connectivity index (χ0n) is 6.23. The van der Waals surface area contributed by atoms with E-state index in [1.807, 2.05) is 0 Å². The fraction of sp³-hybridized carbons (Fsp3) is 0.125. The number of benzene rings is 1. The van der Waals surface area contributed by atoms with Gasteiger partial charge < -0.3 is 0 Å². The van der Waals surface area contributed by atoms with Gasteiger partial charge in [-0.1, -0.05) is 57.3 Å². The summed E-state index contributed by atoms with van der Waals surface area (Å²) in [5, 5.41) is 0. The summed E-state index contributed by atoms with van der Waals surface area (Å²) < 4.78 is -0.887. The van der Waals surface area contributed by atoms with Gasteiger partial charge in [0.2, 0.25) is 9.03 Å². The summed E-state index contributed by atoms with van der Waals surface area (Å²) in [6, 6.07) is 6.94. The van der Waals surface area contributed by atoms with Crippen molar-refractivity contribution in [3.05, 3.63) is 34.3 Å². The largest absolute Gasteiger partial charge is 0.290 e. The van der Waals surface area contributed by atoms with E-state index < -0.39 is 3.24 Å². The molecule has 1 aromatic carbocycles. The van der Waals surface area contributed by atoms with Crippen LogP contribution >= 0.6 is 55.1 Å². The lowest BCUT2D eigenvalue weighted by Crippen LogP contribution is -2.18. The van der Waals surface area contributed by atoms with Gasteiger partial charge in [0.1, 0.15) is 0 Å². The molecular weight excluding hydrogens is 343 g/mol. The molecule has 0 fully saturated rings. The quantitative estimate of drug-likeness (QED) is 0.580. The molecule has 0 amide bonds. The van der Waals surface area contributed by atoms with E-state index in [0.29, 0.717) is 10.0 Å². The van der Waals surface area contributed by atoms with Crippen LogP contribution in [0.1, 0.15) is 10.4 Å². The average molecular weight is 347 g/mol. The minimum atomic E-state index is -1.56. The van der Waals surface area contributed by atoms with Gasteiger partial charge in [0, 0.05) is 10.0 Å². The second-order valence-electron chi connectivity index (χ2n) is 2.31. The highest BCUT2D eigenvalue weighted by molar-refractivity contribution is 9.11. The first-order valence-corrected chi connectivity index (χ1v) is 5.63. The number of carbonyl (C=O) groups excluding carboxylic acids is 1. The Morgan fingerprint density at radius 1 is 1.31 bits per heavy atom. The lowest BCUT2D eigenvalue weighted by molar-refractivity contribution is 0.0999. The van der Waals surface area contributed by atoms with Crippen LogP contribution in [0.25, 0.3) is 0 Å². The molecule has 1 rings (SSSR count). The minimum Gasteiger partial charge on any atom is -0.290 e. The second kappa shape index (κ2) is 4.30. The van der Waals surface area contributed by atoms with Crippen molar-refractivity contribution in [1.29, 1.82) is 0 Å². The summed E-state index contributed by atoms with van der Waals surface area (Å²) in [6.45, 7) is 0. The predicted molar refractivity (Wildman–Crippen MR) is 61.8 cm³/mol. The van der Waals surface area contributed by atoms with Gasteiger partial charge in [-0.2, -0.15) is 0 Å². The van der Waals surface area contributed by atoms with Crippen molar-refractivity contribution in [2.75, 3.05) is 0 Å². The number of hydrogen-bond donors (Lipinski definition) is 0. The summed E-state index contributed by atoms with van der Waals surface area (Å²) >= 11 is 17.3. The van der Waals surface area contributed by atoms with Gasteiger partial charge in [-0.05, 0) is 22.0 Å². The number of rotatable bonds is 2. The van der Waals surface area contributed by atoms with Crippen molar-refractivity contribution in [2.45, 2.75) is 3.24 Å². The number of Topliss-reactive ketones (excluding diaryl/α,β-unsaturated/α-hetero) is 1. The minimum absolute atomic E-state index is 0.386. The van der Waals surface area contributed by atoms with Crippen LogP contribution in [0.15, 0.2) is 28.7 Å². The van der Waals surface area contributed by atoms with Gasteiger partial charge in [-0.25, -0.2) is 0 Å². The number of ketones is 1. The fourth-order valence-corrected chi connectivity index (χ4v) is 1.68. The lowest BCUT2D eigenvalue weighted by atomic mass is 10.1. The smallest absolute Gasteiger partial charge is 0.234 e. The number of hydrogen-bond acceptors (Lipinski definition) is 1. The third kappa shape index (κ3) is 2.94. The maximum atomic E-state index is 11.5. The molecule has 0 N–H and O–H groups in total. The molecule has 0 atom stereocenters. The van der Waals surface area contributed by atoms with Gasteiger partial charge >= 0.3 is 0 Å². The average Bonchev–Trinajstić information content (AvgIpc) is 2.02. The molecule has 1 nitrogen and oxygen atoms in total. The first kappa shape index (κ1) is 11.5. The third-order valence-corrected chi connectivity index (χ3v) is 2.77. The van der Waals surface area contributed by atoms with Gasteiger partial charge in [-0.15, -0.1) is 0 Å². The molecule has 0 saturated heterocycles. The van der Waals surface area contributed by atoms with E-state index in [1.54, 1.807) is 24.3 Å². The Morgan fingerprint density at radius 3 is 2.31 bits per heavy atom. The van der Waals surface area contributed by atoms with Crippen LogP contribution in [0.3, 0.4) is 0 Å². The number of alkyl halides is 3. The summed E-state index contributed by atoms with van der Waals surface area (Å²) in [6.07, 6.45) is 0. The lowest BCUT2D eigenvalue weighted by Gasteiger charge is -2.10. The Bertz CT molecular complexity index is 333. The molecule has 0 aromatic heterocycles. The van der Waals surface area contributed by atoms with Crippen LogP contribution in [0.4, 0.5) is 0 Å². The first-order chi connectivity index (χ1) is 5.93. The highest BCUT2D eigenvalue weighted by Gasteiger charge is 2.31. The maximum Gasteiger partial charge on any atom is 0.234 e. The number of halogens is 4. The van der Waals surface area contributed by atoms with E-state index in [-0.39, 0.29) is 5.78 Å². The van der Waals surface area contributed by atoms with E-state index in [0.717, 1.165) is 0 Å². The van der Waals surface area contributed by atoms with Crippen molar-refractivity contribution in [1.82, 2.24) is 0 Å². The van der Waals surface area contributed by atoms with Crippen molar-refractivity contribution in [3.63, 3.8) is 0 Å². The molecule has 0 radical (unpaired) electrons. The molecule has 70 valence electrons. The molecule has 0 unspecified atom stereocenters. The molecule has 0 aliphatic heterocycles. The van der Waals surface area contributed by atoms with E-state index in [9.17, 15) is 4.79 Å². The Morgan fingerprint density at radius 2 is 1.85 bits per heavy atom. The Labute approximate surface area is 103 Å². The van der Waals surface area contributed by atoms with E-state index in [1.165, 1.54) is 0 Å². The summed E-state index contributed by atoms with van der Waals surface area (Å²) in [5.74, 6) is -0.386. The predicted octanol–water partition coefficient (Wildman–Crippen LogP) is 4.16. The van der Waals surface area contributed by atoms with Crippen molar-refractivity contribution >= 4 is 60.8 Å². The second-order valence-corrected chi connectivity index (χ2v) is 6.59. The third-order valence-electron chi connectivity index (χ3n) is 1.38. The monoisotopic (exact) mass is 344 g/mol. The first-order valence-electron chi connectivity index (χ1n) is 3.29. The molecule has 13 heavy (non-hydrogen) atoms. The van der Waals surface area contributed by atoms with Crippen molar-refractivity contribution < 1.29 is 4.79 Å². The SMILES string of the molecule is O=C(c1ccccc1Br)C(Cl)(Cl)Br. The normalized spacial score (nSPS) is 11.4. The Kier molecular flexibility index (Phi) is 3.81. The van der Waals surface area contributed by atoms with Crippen LogP contribution < -0.4 is 0 Å². The van der Waals surface area contributed by atoms with Gasteiger partial charge in [0.15, 0.2) is 0 Å². The van der Waals surface area contributed by atoms with Crippen molar-refractivity contribution in [3.8, 4) is 0 Å². The van der Waals surface area contributed by atoms with E-state index in [4.69, 9.17) is 23.2 Å². The topological polar surface area (TPSA) is 17.1 Å². The van der Waals surface area contributed by atoms with Gasteiger partial charge in [0.05, 0.1) is 0 Å². The molecule has 0 aliphatic rings. The molecule has 0 bridgehead atoms. The maximum absolute atomic E-state index is 11.5. The summed E-state index contributed by atoms with van der Waals surface area (Å²) in [5.41, 5.74) is 0.448. The Hall–Kier alpha value is 0.430. The highest BCUT2D eigenvalue weighted by Crippen LogP contribution is 2.34. The van der Waals surface area contributed by atoms with Crippen molar-refractivity contribution in [2.24, 2.45) is 0 Å². The van der Waals surface area contributed by atoms with E-state index in [2.05, 4.69) is 31.9 Å². The van der Waals surface area contributed by atoms with Crippen LogP contribution in [-0.2, 0) is 0 Å². The van der Waals surface area contributed by atoms with Gasteiger partial charge in [-0.3, -0.25) is 4.79 Å². The standard InChI is InChI=1S/C8H4Br2Cl2O/c9-6-4-2-1-3-5(6)7(13)8(10,11)12/h1-4H.